The molecule has 44 heavy (non-hydrogen) atoms. The highest BCUT2D eigenvalue weighted by Crippen LogP contribution is 2.50. The Morgan fingerprint density at radius 2 is 2.09 bits per heavy atom. The van der Waals surface area contributed by atoms with Gasteiger partial charge in [-0.15, -0.1) is 5.10 Å². The second kappa shape index (κ2) is 10.8. The summed E-state index contributed by atoms with van der Waals surface area (Å²) >= 11 is 13.0. The molecule has 1 aliphatic carbocycles. The number of nitriles is 1. The molecule has 3 N–H and O–H groups in total. The van der Waals surface area contributed by atoms with Crippen LogP contribution < -0.4 is 11.1 Å². The summed E-state index contributed by atoms with van der Waals surface area (Å²) in [6, 6.07) is 13.5. The lowest BCUT2D eigenvalue weighted by molar-refractivity contribution is 0.0993. The van der Waals surface area contributed by atoms with E-state index < -0.39 is 11.7 Å². The molecule has 3 aliphatic rings. The van der Waals surface area contributed by atoms with E-state index >= 15 is 4.39 Å². The van der Waals surface area contributed by atoms with Crippen molar-refractivity contribution in [2.45, 2.75) is 51.1 Å². The van der Waals surface area contributed by atoms with Gasteiger partial charge >= 0.3 is 0 Å². The summed E-state index contributed by atoms with van der Waals surface area (Å²) in [6.45, 7) is 4.80. The summed E-state index contributed by atoms with van der Waals surface area (Å²) in [7, 11) is 0. The van der Waals surface area contributed by atoms with Crippen LogP contribution in [0.3, 0.4) is 0 Å². The molecule has 8 rings (SSSR count). The van der Waals surface area contributed by atoms with Crippen molar-refractivity contribution in [3.8, 4) is 17.2 Å². The van der Waals surface area contributed by atoms with E-state index in [9.17, 15) is 10.1 Å². The minimum atomic E-state index is -0.646. The molecule has 2 saturated heterocycles. The highest BCUT2D eigenvalue weighted by molar-refractivity contribution is 6.43. The van der Waals surface area contributed by atoms with Crippen LogP contribution in [-0.4, -0.2) is 38.2 Å². The third-order valence-electron chi connectivity index (χ3n) is 9.33. The third-order valence-corrected chi connectivity index (χ3v) is 10.1. The van der Waals surface area contributed by atoms with Crippen molar-refractivity contribution in [3.63, 3.8) is 0 Å². The van der Waals surface area contributed by atoms with Crippen LogP contribution >= 0.6 is 23.2 Å². The van der Waals surface area contributed by atoms with E-state index in [0.29, 0.717) is 50.7 Å². The largest absolute Gasteiger partial charge is 0.364 e. The van der Waals surface area contributed by atoms with E-state index in [0.717, 1.165) is 29.6 Å². The van der Waals surface area contributed by atoms with Gasteiger partial charge < -0.3 is 15.6 Å². The number of carbonyl (C=O) groups excluding carboxylic acids is 1. The first-order valence-corrected chi connectivity index (χ1v) is 15.3. The SMILES string of the molecule is Cc1nc2c(F)c(-c3cccc(Cl)c3Cl)c(CCC#N)cc2c2c1cc([C@H](C)c1ccnnc1C(N)=O)n2[C@H]1[C@H]2CN[C@@H]1C2. The summed E-state index contributed by atoms with van der Waals surface area (Å²) in [5, 5.41) is 23.1. The zero-order valence-corrected chi connectivity index (χ0v) is 25.5. The zero-order chi connectivity index (χ0) is 30.9. The van der Waals surface area contributed by atoms with Gasteiger partial charge in [-0.1, -0.05) is 42.3 Å². The van der Waals surface area contributed by atoms with E-state index in [1.807, 2.05) is 19.9 Å². The van der Waals surface area contributed by atoms with E-state index in [2.05, 4.69) is 32.2 Å². The molecular formula is C33H28Cl2FN7O. The Kier molecular flexibility index (Phi) is 7.04. The number of hydrogen-bond donors (Lipinski definition) is 2. The third kappa shape index (κ3) is 4.27. The van der Waals surface area contributed by atoms with E-state index in [1.165, 1.54) is 0 Å². The summed E-state index contributed by atoms with van der Waals surface area (Å²) in [5.74, 6) is -1.02. The van der Waals surface area contributed by atoms with E-state index in [4.69, 9.17) is 33.9 Å². The topological polar surface area (TPSA) is 123 Å². The number of aryl methyl sites for hydroxylation is 2. The van der Waals surface area contributed by atoms with Gasteiger partial charge in [0.2, 0.25) is 0 Å². The van der Waals surface area contributed by atoms with Gasteiger partial charge in [-0.05, 0) is 61.1 Å². The first-order chi connectivity index (χ1) is 21.2. The summed E-state index contributed by atoms with van der Waals surface area (Å²) in [6.07, 6.45) is 3.13. The fraction of sp³-hybridized carbons (Fsp3) is 0.303. The first-order valence-electron chi connectivity index (χ1n) is 14.5. The van der Waals surface area contributed by atoms with Crippen molar-refractivity contribution < 1.29 is 9.18 Å². The Balaban J connectivity index is 1.56. The molecule has 8 nitrogen and oxygen atoms in total. The molecule has 5 heterocycles. The minimum absolute atomic E-state index is 0.124. The Bertz CT molecular complexity index is 2040. The molecule has 1 saturated carbocycles. The highest BCUT2D eigenvalue weighted by atomic mass is 35.5. The molecule has 4 atom stereocenters. The van der Waals surface area contributed by atoms with Gasteiger partial charge in [-0.3, -0.25) is 4.79 Å². The monoisotopic (exact) mass is 627 g/mol. The van der Waals surface area contributed by atoms with Crippen LogP contribution in [0, 0.1) is 30.0 Å². The molecule has 222 valence electrons. The number of hydrogen-bond acceptors (Lipinski definition) is 6. The van der Waals surface area contributed by atoms with Crippen LogP contribution in [-0.2, 0) is 6.42 Å². The van der Waals surface area contributed by atoms with Crippen molar-refractivity contribution in [1.29, 1.82) is 5.26 Å². The first kappa shape index (κ1) is 28.7. The van der Waals surface area contributed by atoms with Crippen LogP contribution in [0.15, 0.2) is 42.6 Å². The smallest absolute Gasteiger partial charge is 0.269 e. The van der Waals surface area contributed by atoms with Crippen molar-refractivity contribution >= 4 is 50.9 Å². The number of benzene rings is 2. The Hall–Kier alpha value is -4.10. The molecule has 3 aromatic heterocycles. The lowest BCUT2D eigenvalue weighted by Gasteiger charge is -2.38. The van der Waals surface area contributed by atoms with Crippen molar-refractivity contribution in [2.24, 2.45) is 11.7 Å². The summed E-state index contributed by atoms with van der Waals surface area (Å²) < 4.78 is 19.2. The van der Waals surface area contributed by atoms with Gasteiger partial charge in [-0.2, -0.15) is 10.4 Å². The number of nitrogens with one attached hydrogen (secondary N) is 1. The van der Waals surface area contributed by atoms with Gasteiger partial charge in [0.25, 0.3) is 5.91 Å². The quantitative estimate of drug-likeness (QED) is 0.208. The number of fused-ring (bicyclic) bond motifs is 4. The molecule has 0 spiro atoms. The molecule has 11 heteroatoms. The van der Waals surface area contributed by atoms with Crippen LogP contribution in [0.25, 0.3) is 32.9 Å². The van der Waals surface area contributed by atoms with Crippen molar-refractivity contribution in [3.05, 3.63) is 86.7 Å². The number of primary amides is 1. The number of nitrogens with zero attached hydrogens (tertiary/aromatic N) is 5. The predicted molar refractivity (Wildman–Crippen MR) is 168 cm³/mol. The van der Waals surface area contributed by atoms with Crippen LogP contribution in [0.2, 0.25) is 10.0 Å². The van der Waals surface area contributed by atoms with Gasteiger partial charge in [0.05, 0.1) is 27.7 Å². The zero-order valence-electron chi connectivity index (χ0n) is 24.0. The van der Waals surface area contributed by atoms with Gasteiger partial charge in [0.1, 0.15) is 5.52 Å². The maximum Gasteiger partial charge on any atom is 0.269 e. The number of pyridine rings is 1. The second-order valence-electron chi connectivity index (χ2n) is 11.7. The Morgan fingerprint density at radius 3 is 2.80 bits per heavy atom. The molecule has 2 aromatic carbocycles. The number of halogens is 3. The molecule has 5 aromatic rings. The summed E-state index contributed by atoms with van der Waals surface area (Å²) in [4.78, 5) is 17.1. The number of nitrogens with two attached hydrogens (primary N) is 1. The number of aromatic nitrogens is 4. The Morgan fingerprint density at radius 1 is 1.27 bits per heavy atom. The predicted octanol–water partition coefficient (Wildman–Crippen LogP) is 6.64. The molecular weight excluding hydrogens is 600 g/mol. The summed E-state index contributed by atoms with van der Waals surface area (Å²) in [5.41, 5.74) is 10.6. The van der Waals surface area contributed by atoms with Crippen LogP contribution in [0.1, 0.15) is 64.7 Å². The van der Waals surface area contributed by atoms with Crippen molar-refractivity contribution in [2.75, 3.05) is 6.54 Å². The molecule has 2 aliphatic heterocycles. The molecule has 3 fully saturated rings. The minimum Gasteiger partial charge on any atom is -0.364 e. The fourth-order valence-corrected chi connectivity index (χ4v) is 7.61. The standard InChI is InChI=1S/C33H28Cl2FN7O/c1-15(19-8-10-40-42-30(19)33(38)44)25-13-21-16(2)41-29-22(32(21)43(25)31-18-12-24(31)39-14-18)11-17(5-4-9-37)26(28(29)36)20-6-3-7-23(34)27(20)35/h3,6-8,10-11,13,15,18,24,31,39H,4-5,12,14H2,1-2H3,(H2,38,44)/t15-,18-,24-,31+/m1/s1. The van der Waals surface area contributed by atoms with E-state index in [1.54, 1.807) is 30.5 Å². The lowest BCUT2D eigenvalue weighted by atomic mass is 9.79. The van der Waals surface area contributed by atoms with Gasteiger partial charge in [-0.25, -0.2) is 9.37 Å². The number of carbonyl (C=O) groups is 1. The van der Waals surface area contributed by atoms with Gasteiger partial charge in [0, 0.05) is 64.4 Å². The average Bonchev–Trinajstić information content (AvgIpc) is 3.75. The average molecular weight is 629 g/mol. The Labute approximate surface area is 263 Å². The van der Waals surface area contributed by atoms with Crippen LogP contribution in [0.5, 0.6) is 0 Å². The molecule has 1 amide bonds. The molecule has 0 radical (unpaired) electrons. The lowest BCUT2D eigenvalue weighted by Crippen LogP contribution is -2.39. The number of rotatable bonds is 7. The molecule has 0 unspecified atom stereocenters. The maximum atomic E-state index is 16.9. The maximum absolute atomic E-state index is 16.9. The normalized spacial score (nSPS) is 19.7. The van der Waals surface area contributed by atoms with E-state index in [-0.39, 0.29) is 40.7 Å². The second-order valence-corrected chi connectivity index (χ2v) is 12.5. The van der Waals surface area contributed by atoms with Gasteiger partial charge in [0.15, 0.2) is 11.5 Å². The fourth-order valence-electron chi connectivity index (χ4n) is 7.22. The highest BCUT2D eigenvalue weighted by Gasteiger charge is 2.49. The van der Waals surface area contributed by atoms with Crippen LogP contribution in [0.4, 0.5) is 4.39 Å². The van der Waals surface area contributed by atoms with Crippen molar-refractivity contribution in [1.82, 2.24) is 25.1 Å². The molecule has 2 bridgehead atoms. The number of amides is 1.